The Morgan fingerprint density at radius 3 is 2.79 bits per heavy atom. The number of carbonyl (C=O) groups excluding carboxylic acids is 1. The summed E-state index contributed by atoms with van der Waals surface area (Å²) in [6, 6.07) is 4.09. The van der Waals surface area contributed by atoms with Gasteiger partial charge in [-0.15, -0.1) is 22.7 Å². The molecular formula is C18H25N3OS2. The average Bonchev–Trinajstić information content (AvgIpc) is 3.19. The van der Waals surface area contributed by atoms with Crippen LogP contribution in [0.4, 0.5) is 0 Å². The summed E-state index contributed by atoms with van der Waals surface area (Å²) in [5, 5.41) is 8.08. The Balaban J connectivity index is 1.35. The summed E-state index contributed by atoms with van der Waals surface area (Å²) < 4.78 is 0. The number of thiazole rings is 1. The number of nitrogens with one attached hydrogen (secondary N) is 1. The molecule has 0 spiro atoms. The molecule has 0 unspecified atom stereocenters. The predicted molar refractivity (Wildman–Crippen MR) is 102 cm³/mol. The van der Waals surface area contributed by atoms with Crippen molar-refractivity contribution in [3.05, 3.63) is 28.6 Å². The Morgan fingerprint density at radius 1 is 1.21 bits per heavy atom. The highest BCUT2D eigenvalue weighted by atomic mass is 32.1. The lowest BCUT2D eigenvalue weighted by Crippen LogP contribution is -2.31. The van der Waals surface area contributed by atoms with Crippen molar-refractivity contribution in [3.8, 4) is 9.88 Å². The largest absolute Gasteiger partial charge is 0.356 e. The van der Waals surface area contributed by atoms with E-state index in [4.69, 9.17) is 0 Å². The standard InChI is InChI=1S/C18H25N3OS2/c22-17(19-8-6-11-21-9-3-1-2-4-10-21)13-15-14-24-18(20-15)16-7-5-12-23-16/h5,7,12,14H,1-4,6,8-11,13H2,(H,19,22). The van der Waals surface area contributed by atoms with Gasteiger partial charge in [-0.1, -0.05) is 18.9 Å². The van der Waals surface area contributed by atoms with E-state index in [0.29, 0.717) is 6.42 Å². The lowest BCUT2D eigenvalue weighted by molar-refractivity contribution is -0.120. The van der Waals surface area contributed by atoms with Crippen LogP contribution in [0.2, 0.25) is 0 Å². The van der Waals surface area contributed by atoms with Crippen LogP contribution in [-0.4, -0.2) is 42.0 Å². The van der Waals surface area contributed by atoms with Crippen LogP contribution in [0.25, 0.3) is 9.88 Å². The highest BCUT2D eigenvalue weighted by molar-refractivity contribution is 7.20. The number of nitrogens with zero attached hydrogens (tertiary/aromatic N) is 2. The number of likely N-dealkylation sites (tertiary alicyclic amines) is 1. The third-order valence-corrected chi connectivity index (χ3v) is 6.23. The van der Waals surface area contributed by atoms with Gasteiger partial charge in [0.1, 0.15) is 5.01 Å². The molecule has 1 aliphatic heterocycles. The van der Waals surface area contributed by atoms with Crippen molar-refractivity contribution in [3.63, 3.8) is 0 Å². The quantitative estimate of drug-likeness (QED) is 0.761. The zero-order valence-corrected chi connectivity index (χ0v) is 15.6. The van der Waals surface area contributed by atoms with Crippen LogP contribution in [0.15, 0.2) is 22.9 Å². The van der Waals surface area contributed by atoms with Gasteiger partial charge in [0.05, 0.1) is 17.0 Å². The zero-order valence-electron chi connectivity index (χ0n) is 14.0. The summed E-state index contributed by atoms with van der Waals surface area (Å²) in [7, 11) is 0. The Labute approximate surface area is 151 Å². The Morgan fingerprint density at radius 2 is 2.04 bits per heavy atom. The molecule has 24 heavy (non-hydrogen) atoms. The number of carbonyl (C=O) groups is 1. The fourth-order valence-corrected chi connectivity index (χ4v) is 4.65. The molecule has 1 fully saturated rings. The smallest absolute Gasteiger partial charge is 0.226 e. The van der Waals surface area contributed by atoms with Gasteiger partial charge in [-0.3, -0.25) is 4.79 Å². The van der Waals surface area contributed by atoms with Crippen molar-refractivity contribution >= 4 is 28.6 Å². The molecule has 0 saturated carbocycles. The van der Waals surface area contributed by atoms with Crippen LogP contribution in [0.1, 0.15) is 37.8 Å². The van der Waals surface area contributed by atoms with E-state index in [1.165, 1.54) is 43.6 Å². The molecule has 2 aromatic rings. The van der Waals surface area contributed by atoms with Crippen molar-refractivity contribution in [1.29, 1.82) is 0 Å². The number of hydrogen-bond donors (Lipinski definition) is 1. The fourth-order valence-electron chi connectivity index (χ4n) is 3.02. The normalized spacial score (nSPS) is 16.0. The Bertz CT molecular complexity index is 616. The summed E-state index contributed by atoms with van der Waals surface area (Å²) >= 11 is 3.29. The van der Waals surface area contributed by atoms with Gasteiger partial charge in [0.25, 0.3) is 0 Å². The number of rotatable bonds is 7. The topological polar surface area (TPSA) is 45.2 Å². The average molecular weight is 364 g/mol. The van der Waals surface area contributed by atoms with Gasteiger partial charge in [-0.2, -0.15) is 0 Å². The van der Waals surface area contributed by atoms with E-state index in [-0.39, 0.29) is 5.91 Å². The molecular weight excluding hydrogens is 338 g/mol. The molecule has 6 heteroatoms. The molecule has 1 saturated heterocycles. The minimum absolute atomic E-state index is 0.0777. The number of aromatic nitrogens is 1. The second kappa shape index (κ2) is 9.30. The van der Waals surface area contributed by atoms with Gasteiger partial charge in [-0.05, 0) is 50.3 Å². The summed E-state index contributed by atoms with van der Waals surface area (Å²) in [6.45, 7) is 4.30. The van der Waals surface area contributed by atoms with E-state index in [9.17, 15) is 4.79 Å². The highest BCUT2D eigenvalue weighted by Gasteiger charge is 2.11. The SMILES string of the molecule is O=C(Cc1csc(-c2cccs2)n1)NCCCN1CCCCCC1. The van der Waals surface area contributed by atoms with E-state index in [2.05, 4.69) is 21.3 Å². The monoisotopic (exact) mass is 363 g/mol. The van der Waals surface area contributed by atoms with E-state index in [1.807, 2.05) is 16.8 Å². The van der Waals surface area contributed by atoms with Crippen LogP contribution in [0.3, 0.4) is 0 Å². The molecule has 0 bridgehead atoms. The van der Waals surface area contributed by atoms with E-state index in [0.717, 1.165) is 30.2 Å². The molecule has 0 atom stereocenters. The summed E-state index contributed by atoms with van der Waals surface area (Å²) in [5.41, 5.74) is 0.869. The lowest BCUT2D eigenvalue weighted by atomic mass is 10.2. The second-order valence-electron chi connectivity index (χ2n) is 6.26. The molecule has 1 amide bonds. The predicted octanol–water partition coefficient (Wildman–Crippen LogP) is 3.80. The molecule has 1 N–H and O–H groups in total. The lowest BCUT2D eigenvalue weighted by Gasteiger charge is -2.19. The maximum absolute atomic E-state index is 12.1. The third-order valence-electron chi connectivity index (χ3n) is 4.30. The molecule has 0 aromatic carbocycles. The molecule has 130 valence electrons. The first-order valence-corrected chi connectivity index (χ1v) is 10.5. The molecule has 1 aliphatic rings. The molecule has 0 aliphatic carbocycles. The van der Waals surface area contributed by atoms with Crippen LogP contribution >= 0.6 is 22.7 Å². The molecule has 2 aromatic heterocycles. The molecule has 3 heterocycles. The van der Waals surface area contributed by atoms with Crippen molar-refractivity contribution in [2.45, 2.75) is 38.5 Å². The van der Waals surface area contributed by atoms with Crippen molar-refractivity contribution in [2.24, 2.45) is 0 Å². The minimum Gasteiger partial charge on any atom is -0.356 e. The molecule has 4 nitrogen and oxygen atoms in total. The maximum Gasteiger partial charge on any atom is 0.226 e. The van der Waals surface area contributed by atoms with Crippen molar-refractivity contribution < 1.29 is 4.79 Å². The first-order valence-electron chi connectivity index (χ1n) is 8.78. The number of hydrogen-bond acceptors (Lipinski definition) is 5. The minimum atomic E-state index is 0.0777. The van der Waals surface area contributed by atoms with Gasteiger partial charge < -0.3 is 10.2 Å². The van der Waals surface area contributed by atoms with Gasteiger partial charge in [0.2, 0.25) is 5.91 Å². The van der Waals surface area contributed by atoms with Crippen LogP contribution in [0.5, 0.6) is 0 Å². The van der Waals surface area contributed by atoms with Crippen LogP contribution < -0.4 is 5.32 Å². The zero-order chi connectivity index (χ0) is 16.6. The maximum atomic E-state index is 12.1. The Hall–Kier alpha value is -1.24. The highest BCUT2D eigenvalue weighted by Crippen LogP contribution is 2.27. The van der Waals surface area contributed by atoms with Crippen molar-refractivity contribution in [1.82, 2.24) is 15.2 Å². The van der Waals surface area contributed by atoms with Gasteiger partial charge >= 0.3 is 0 Å². The summed E-state index contributed by atoms with van der Waals surface area (Å²) in [5.74, 6) is 0.0777. The van der Waals surface area contributed by atoms with Gasteiger partial charge in [0, 0.05) is 11.9 Å². The number of thiophene rings is 1. The molecule has 0 radical (unpaired) electrons. The first kappa shape index (κ1) is 17.6. The summed E-state index contributed by atoms with van der Waals surface area (Å²) in [4.78, 5) is 20.3. The van der Waals surface area contributed by atoms with Crippen LogP contribution in [0, 0.1) is 0 Å². The van der Waals surface area contributed by atoms with Gasteiger partial charge in [-0.25, -0.2) is 4.98 Å². The first-order chi connectivity index (χ1) is 11.8. The second-order valence-corrected chi connectivity index (χ2v) is 8.06. The fraction of sp³-hybridized carbons (Fsp3) is 0.556. The molecule has 3 rings (SSSR count). The van der Waals surface area contributed by atoms with E-state index >= 15 is 0 Å². The van der Waals surface area contributed by atoms with Crippen molar-refractivity contribution in [2.75, 3.05) is 26.2 Å². The third kappa shape index (κ3) is 5.40. The van der Waals surface area contributed by atoms with Gasteiger partial charge in [0.15, 0.2) is 0 Å². The van der Waals surface area contributed by atoms with E-state index < -0.39 is 0 Å². The van der Waals surface area contributed by atoms with E-state index in [1.54, 1.807) is 22.7 Å². The number of amides is 1. The van der Waals surface area contributed by atoms with Crippen LogP contribution in [-0.2, 0) is 11.2 Å². The Kier molecular flexibility index (Phi) is 6.81. The summed E-state index contributed by atoms with van der Waals surface area (Å²) in [6.07, 6.45) is 6.79.